The van der Waals surface area contributed by atoms with E-state index in [-0.39, 0.29) is 6.61 Å². The summed E-state index contributed by atoms with van der Waals surface area (Å²) in [6, 6.07) is 15.7. The van der Waals surface area contributed by atoms with E-state index in [4.69, 9.17) is 0 Å². The van der Waals surface area contributed by atoms with Crippen molar-refractivity contribution in [3.63, 3.8) is 0 Å². The van der Waals surface area contributed by atoms with Gasteiger partial charge in [-0.25, -0.2) is 0 Å². The SMILES string of the molecule is CCC[CH2][Sn]([CH2]CCC)[c]1ccc(Cc2ccccc2CO)c(CN(C)C)c1. The van der Waals surface area contributed by atoms with Crippen LogP contribution in [0.4, 0.5) is 0 Å². The minimum atomic E-state index is -1.53. The molecule has 0 aliphatic heterocycles. The van der Waals surface area contributed by atoms with E-state index in [0.717, 1.165) is 18.5 Å². The summed E-state index contributed by atoms with van der Waals surface area (Å²) in [6.45, 7) is 5.74. The monoisotopic (exact) mass is 488 g/mol. The number of benzene rings is 2. The summed E-state index contributed by atoms with van der Waals surface area (Å²) in [5.74, 6) is 0. The van der Waals surface area contributed by atoms with Crippen LogP contribution in [0.5, 0.6) is 0 Å². The Morgan fingerprint density at radius 3 is 2.00 bits per heavy atom. The Kier molecular flexibility index (Phi) is 10.6. The van der Waals surface area contributed by atoms with Crippen LogP contribution in [0.2, 0.25) is 8.87 Å². The third-order valence-electron chi connectivity index (χ3n) is 5.43. The van der Waals surface area contributed by atoms with E-state index >= 15 is 0 Å². The fraction of sp³-hybridized carbons (Fsp3) is 0.520. The number of aliphatic hydroxyl groups excluding tert-OH is 1. The Hall–Kier alpha value is -0.841. The van der Waals surface area contributed by atoms with Gasteiger partial charge in [0.25, 0.3) is 0 Å². The van der Waals surface area contributed by atoms with Crippen molar-refractivity contribution >= 4 is 23.3 Å². The number of nitrogens with zero attached hydrogens (tertiary/aromatic N) is 1. The van der Waals surface area contributed by atoms with E-state index in [1.807, 2.05) is 12.1 Å². The number of hydrogen-bond donors (Lipinski definition) is 1. The number of unbranched alkanes of at least 4 members (excludes halogenated alkanes) is 2. The van der Waals surface area contributed by atoms with Crippen LogP contribution in [-0.2, 0) is 19.6 Å². The summed E-state index contributed by atoms with van der Waals surface area (Å²) in [7, 11) is 4.32. The van der Waals surface area contributed by atoms with Crippen molar-refractivity contribution in [3.8, 4) is 0 Å². The van der Waals surface area contributed by atoms with Crippen molar-refractivity contribution < 1.29 is 5.11 Å². The average molecular weight is 487 g/mol. The van der Waals surface area contributed by atoms with Crippen molar-refractivity contribution in [1.29, 1.82) is 0 Å². The van der Waals surface area contributed by atoms with Crippen LogP contribution >= 0.6 is 0 Å². The van der Waals surface area contributed by atoms with Crippen LogP contribution in [0.1, 0.15) is 61.8 Å². The molecule has 2 nitrogen and oxygen atoms in total. The maximum absolute atomic E-state index is 9.69. The van der Waals surface area contributed by atoms with E-state index < -0.39 is 19.8 Å². The predicted molar refractivity (Wildman–Crippen MR) is 124 cm³/mol. The van der Waals surface area contributed by atoms with Crippen LogP contribution < -0.4 is 3.58 Å². The Morgan fingerprint density at radius 1 is 0.821 bits per heavy atom. The van der Waals surface area contributed by atoms with Crippen LogP contribution in [-0.4, -0.2) is 43.9 Å². The molecule has 0 atom stereocenters. The normalized spacial score (nSPS) is 11.5. The number of aliphatic hydroxyl groups is 1. The standard InChI is InChI=1S/C17H20NO.2C4H9.Sn/c1-18(2)12-16-9-5-3-7-14(16)11-15-8-4-6-10-17(15)13-19;2*1-3-4-2;/h3-4,6-10,19H,11-13H2,1-2H3;2*1,3-4H2,2H3;. The molecule has 0 heterocycles. The second-order valence-electron chi connectivity index (χ2n) is 8.14. The summed E-state index contributed by atoms with van der Waals surface area (Å²) in [5, 5.41) is 9.69. The molecule has 2 rings (SSSR count). The third-order valence-corrected chi connectivity index (χ3v) is 14.1. The van der Waals surface area contributed by atoms with Gasteiger partial charge in [0.2, 0.25) is 0 Å². The van der Waals surface area contributed by atoms with Crippen molar-refractivity contribution in [1.82, 2.24) is 4.90 Å². The van der Waals surface area contributed by atoms with Crippen LogP contribution in [0.25, 0.3) is 0 Å². The van der Waals surface area contributed by atoms with Gasteiger partial charge in [-0.2, -0.15) is 0 Å². The summed E-state index contributed by atoms with van der Waals surface area (Å²) < 4.78 is 4.69. The quantitative estimate of drug-likeness (QED) is 0.420. The molecule has 28 heavy (non-hydrogen) atoms. The maximum atomic E-state index is 9.69. The zero-order valence-electron chi connectivity index (χ0n) is 18.3. The Bertz CT molecular complexity index is 705. The van der Waals surface area contributed by atoms with Crippen LogP contribution in [0.3, 0.4) is 0 Å². The second-order valence-corrected chi connectivity index (χ2v) is 16.1. The molecule has 0 aromatic heterocycles. The van der Waals surface area contributed by atoms with Gasteiger partial charge in [-0.3, -0.25) is 0 Å². The Labute approximate surface area is 179 Å². The van der Waals surface area contributed by atoms with Gasteiger partial charge in [0.15, 0.2) is 0 Å². The zero-order chi connectivity index (χ0) is 20.4. The topological polar surface area (TPSA) is 23.5 Å². The summed E-state index contributed by atoms with van der Waals surface area (Å²) >= 11 is -1.53. The van der Waals surface area contributed by atoms with Crippen LogP contribution in [0, 0.1) is 0 Å². The van der Waals surface area contributed by atoms with Crippen molar-refractivity contribution in [3.05, 3.63) is 64.7 Å². The van der Waals surface area contributed by atoms with E-state index in [1.54, 1.807) is 3.58 Å². The molecule has 0 saturated heterocycles. The molecule has 0 aliphatic rings. The molecule has 0 fully saturated rings. The molecule has 0 saturated carbocycles. The molecule has 0 spiro atoms. The Morgan fingerprint density at radius 2 is 1.43 bits per heavy atom. The number of hydrogen-bond acceptors (Lipinski definition) is 2. The van der Waals surface area contributed by atoms with E-state index in [9.17, 15) is 5.11 Å². The molecule has 2 aromatic rings. The van der Waals surface area contributed by atoms with Gasteiger partial charge >= 0.3 is 180 Å². The van der Waals surface area contributed by atoms with Gasteiger partial charge in [-0.15, -0.1) is 0 Å². The first-order valence-corrected chi connectivity index (χ1v) is 16.3. The third kappa shape index (κ3) is 7.20. The van der Waals surface area contributed by atoms with E-state index in [1.165, 1.54) is 51.2 Å². The predicted octanol–water partition coefficient (Wildman–Crippen LogP) is 5.13. The molecule has 1 N–H and O–H groups in total. The van der Waals surface area contributed by atoms with Gasteiger partial charge < -0.3 is 0 Å². The summed E-state index contributed by atoms with van der Waals surface area (Å²) in [5.41, 5.74) is 5.17. The van der Waals surface area contributed by atoms with Crippen LogP contribution in [0.15, 0.2) is 42.5 Å². The summed E-state index contributed by atoms with van der Waals surface area (Å²) in [6.07, 6.45) is 6.33. The van der Waals surface area contributed by atoms with Gasteiger partial charge in [0, 0.05) is 0 Å². The van der Waals surface area contributed by atoms with E-state index in [2.05, 4.69) is 63.2 Å². The first kappa shape index (κ1) is 23.4. The molecule has 0 unspecified atom stereocenters. The van der Waals surface area contributed by atoms with Gasteiger partial charge in [-0.1, -0.05) is 0 Å². The molecule has 0 bridgehead atoms. The molecule has 0 aliphatic carbocycles. The van der Waals surface area contributed by atoms with Crippen molar-refractivity contribution in [2.45, 2.75) is 68.0 Å². The molecule has 153 valence electrons. The molecule has 1 radical (unpaired) electrons. The van der Waals surface area contributed by atoms with Crippen molar-refractivity contribution in [2.75, 3.05) is 14.1 Å². The number of rotatable bonds is 12. The first-order valence-electron chi connectivity index (χ1n) is 10.9. The first-order chi connectivity index (χ1) is 13.6. The van der Waals surface area contributed by atoms with Gasteiger partial charge in [-0.05, 0) is 0 Å². The second kappa shape index (κ2) is 12.7. The zero-order valence-corrected chi connectivity index (χ0v) is 21.2. The Balaban J connectivity index is 2.33. The average Bonchev–Trinajstić information content (AvgIpc) is 2.69. The molecular weight excluding hydrogens is 449 g/mol. The minimum absolute atomic E-state index is 0.114. The summed E-state index contributed by atoms with van der Waals surface area (Å²) in [4.78, 5) is 2.28. The molecular formula is C25H38NOSn. The van der Waals surface area contributed by atoms with Gasteiger partial charge in [0.1, 0.15) is 0 Å². The molecule has 3 heteroatoms. The van der Waals surface area contributed by atoms with E-state index in [0.29, 0.717) is 0 Å². The molecule has 2 aromatic carbocycles. The fourth-order valence-corrected chi connectivity index (χ4v) is 12.6. The molecule has 0 amide bonds. The fourth-order valence-electron chi connectivity index (χ4n) is 3.79. The van der Waals surface area contributed by atoms with Gasteiger partial charge in [0.05, 0.1) is 0 Å². The van der Waals surface area contributed by atoms with Crippen molar-refractivity contribution in [2.24, 2.45) is 0 Å².